The molecule has 0 bridgehead atoms. The second-order valence-corrected chi connectivity index (χ2v) is 1.25. The highest BCUT2D eigenvalue weighted by Gasteiger charge is 1.80. The van der Waals surface area contributed by atoms with Crippen LogP contribution in [0.1, 0.15) is 19.8 Å². The summed E-state index contributed by atoms with van der Waals surface area (Å²) in [6.45, 7) is 2.49. The molecule has 0 aromatic carbocycles. The van der Waals surface area contributed by atoms with Gasteiger partial charge in [-0.1, -0.05) is 18.4 Å². The zero-order chi connectivity index (χ0) is 5.54. The largest absolute Gasteiger partial charge is 0.412 e. The van der Waals surface area contributed by atoms with Crippen molar-refractivity contribution in [2.24, 2.45) is 0 Å². The Morgan fingerprint density at radius 2 is 2.12 bits per heavy atom. The van der Waals surface area contributed by atoms with Crippen molar-refractivity contribution in [1.82, 2.24) is 0 Å². The molecule has 0 rings (SSSR count). The van der Waals surface area contributed by atoms with E-state index >= 15 is 0 Å². The lowest BCUT2D eigenvalue weighted by Gasteiger charge is -1.91. The van der Waals surface area contributed by atoms with Gasteiger partial charge in [0.1, 0.15) is 0 Å². The summed E-state index contributed by atoms with van der Waals surface area (Å²) in [5, 5.41) is 10.9. The maximum Gasteiger partial charge on any atom is 0.0853 e. The van der Waals surface area contributed by atoms with Crippen molar-refractivity contribution in [3.05, 3.63) is 0 Å². The molecular formula is C4H12O4. The van der Waals surface area contributed by atoms with Crippen molar-refractivity contribution >= 4 is 0 Å². The molecule has 0 atom stereocenters. The van der Waals surface area contributed by atoms with Crippen molar-refractivity contribution in [1.29, 1.82) is 0 Å². The molecule has 0 fully saturated rings. The van der Waals surface area contributed by atoms with E-state index in [9.17, 15) is 0 Å². The first-order valence-corrected chi connectivity index (χ1v) is 2.35. The summed E-state index contributed by atoms with van der Waals surface area (Å²) in [7, 11) is 0. The molecule has 0 spiro atoms. The van der Waals surface area contributed by atoms with Crippen LogP contribution >= 0.6 is 0 Å². The monoisotopic (exact) mass is 124 g/mol. The number of hydrogen-bond acceptors (Lipinski definition) is 3. The third-order valence-corrected chi connectivity index (χ3v) is 0.634. The maximum absolute atomic E-state index is 7.57. The third kappa shape index (κ3) is 9.28. The normalized spacial score (nSPS) is 8.25. The molecule has 3 N–H and O–H groups in total. The highest BCUT2D eigenvalue weighted by Crippen LogP contribution is 1.85. The van der Waals surface area contributed by atoms with Gasteiger partial charge in [0.05, 0.1) is 6.61 Å². The molecule has 0 radical (unpaired) electrons. The minimum atomic E-state index is 0. The van der Waals surface area contributed by atoms with Gasteiger partial charge in [0.25, 0.3) is 0 Å². The number of unbranched alkanes of at least 4 members (excludes halogenated alkanes) is 1. The molecule has 4 heteroatoms. The van der Waals surface area contributed by atoms with E-state index in [1.807, 2.05) is 6.92 Å². The summed E-state index contributed by atoms with van der Waals surface area (Å²) < 4.78 is 0. The van der Waals surface area contributed by atoms with Crippen LogP contribution in [0.15, 0.2) is 0 Å². The molecule has 0 saturated heterocycles. The lowest BCUT2D eigenvalue weighted by Crippen LogP contribution is -1.90. The van der Waals surface area contributed by atoms with E-state index in [0.29, 0.717) is 6.61 Å². The SMILES string of the molecule is CCCCOOO.O. The Balaban J connectivity index is 0. The Bertz CT molecular complexity index is 27.2. The number of rotatable bonds is 4. The maximum atomic E-state index is 7.57. The Labute approximate surface area is 48.2 Å². The van der Waals surface area contributed by atoms with Crippen molar-refractivity contribution in [2.75, 3.05) is 6.61 Å². The van der Waals surface area contributed by atoms with Gasteiger partial charge in [0.2, 0.25) is 0 Å². The molecule has 0 aliphatic heterocycles. The van der Waals surface area contributed by atoms with Gasteiger partial charge in [-0.3, -0.25) is 0 Å². The first kappa shape index (κ1) is 10.8. The molecule has 0 aromatic rings. The van der Waals surface area contributed by atoms with Gasteiger partial charge in [-0.15, -0.1) is 0 Å². The number of hydrogen-bond donors (Lipinski definition) is 1. The van der Waals surface area contributed by atoms with Crippen LogP contribution in [0.2, 0.25) is 0 Å². The van der Waals surface area contributed by atoms with E-state index < -0.39 is 0 Å². The summed E-state index contributed by atoms with van der Waals surface area (Å²) in [6, 6.07) is 0. The molecule has 0 aliphatic carbocycles. The molecule has 0 aromatic heterocycles. The highest BCUT2D eigenvalue weighted by atomic mass is 17.5. The van der Waals surface area contributed by atoms with E-state index in [-0.39, 0.29) is 5.48 Å². The quantitative estimate of drug-likeness (QED) is 0.334. The zero-order valence-corrected chi connectivity index (χ0v) is 4.89. The van der Waals surface area contributed by atoms with E-state index in [1.165, 1.54) is 0 Å². The van der Waals surface area contributed by atoms with Gasteiger partial charge in [-0.25, -0.2) is 10.1 Å². The van der Waals surface area contributed by atoms with Gasteiger partial charge in [0.15, 0.2) is 0 Å². The van der Waals surface area contributed by atoms with Crippen LogP contribution in [0.5, 0.6) is 0 Å². The minimum absolute atomic E-state index is 0. The van der Waals surface area contributed by atoms with E-state index in [2.05, 4.69) is 9.93 Å². The average molecular weight is 124 g/mol. The lowest BCUT2D eigenvalue weighted by atomic mass is 10.4. The van der Waals surface area contributed by atoms with E-state index in [1.54, 1.807) is 0 Å². The molecule has 0 amide bonds. The van der Waals surface area contributed by atoms with Crippen LogP contribution < -0.4 is 0 Å². The second kappa shape index (κ2) is 9.96. The standard InChI is InChI=1S/C4H10O3.H2O/c1-2-3-4-6-7-5;/h5H,2-4H2,1H3;1H2. The summed E-state index contributed by atoms with van der Waals surface area (Å²) in [5.74, 6) is 0. The van der Waals surface area contributed by atoms with Gasteiger partial charge in [-0.2, -0.15) is 0 Å². The molecule has 0 heterocycles. The van der Waals surface area contributed by atoms with Crippen LogP contribution in [-0.4, -0.2) is 17.3 Å². The Morgan fingerprint density at radius 3 is 2.50 bits per heavy atom. The first-order valence-electron chi connectivity index (χ1n) is 2.35. The van der Waals surface area contributed by atoms with Crippen LogP contribution in [-0.2, 0) is 9.93 Å². The summed E-state index contributed by atoms with van der Waals surface area (Å²) in [6.07, 6.45) is 1.96. The third-order valence-electron chi connectivity index (χ3n) is 0.634. The van der Waals surface area contributed by atoms with Crippen LogP contribution in [0, 0.1) is 0 Å². The molecule has 0 saturated carbocycles. The average Bonchev–Trinajstić information content (AvgIpc) is 1.69. The predicted molar refractivity (Wildman–Crippen MR) is 28.2 cm³/mol. The topological polar surface area (TPSA) is 70.2 Å². The molecule has 8 heavy (non-hydrogen) atoms. The van der Waals surface area contributed by atoms with Crippen molar-refractivity contribution in [2.45, 2.75) is 19.8 Å². The lowest BCUT2D eigenvalue weighted by molar-refractivity contribution is -0.490. The van der Waals surface area contributed by atoms with E-state index in [4.69, 9.17) is 5.26 Å². The smallest absolute Gasteiger partial charge is 0.0853 e. The molecule has 52 valence electrons. The zero-order valence-electron chi connectivity index (χ0n) is 4.89. The van der Waals surface area contributed by atoms with Crippen LogP contribution in [0.4, 0.5) is 0 Å². The molecular weight excluding hydrogens is 112 g/mol. The van der Waals surface area contributed by atoms with Gasteiger partial charge in [0, 0.05) is 0 Å². The van der Waals surface area contributed by atoms with Gasteiger partial charge < -0.3 is 5.48 Å². The summed E-state index contributed by atoms with van der Waals surface area (Å²) in [4.78, 5) is 4.13. The van der Waals surface area contributed by atoms with Crippen molar-refractivity contribution < 1.29 is 20.7 Å². The van der Waals surface area contributed by atoms with Crippen molar-refractivity contribution in [3.63, 3.8) is 0 Å². The van der Waals surface area contributed by atoms with E-state index in [0.717, 1.165) is 12.8 Å². The summed E-state index contributed by atoms with van der Waals surface area (Å²) in [5.41, 5.74) is 0. The Morgan fingerprint density at radius 1 is 1.50 bits per heavy atom. The Hall–Kier alpha value is -0.160. The first-order chi connectivity index (χ1) is 3.41. The van der Waals surface area contributed by atoms with Gasteiger partial charge in [-0.05, 0) is 6.42 Å². The highest BCUT2D eigenvalue weighted by molar-refractivity contribution is 4.25. The molecule has 0 unspecified atom stereocenters. The van der Waals surface area contributed by atoms with Crippen LogP contribution in [0.3, 0.4) is 0 Å². The summed E-state index contributed by atoms with van der Waals surface area (Å²) >= 11 is 0. The molecule has 0 aliphatic rings. The fourth-order valence-electron chi connectivity index (χ4n) is 0.241. The van der Waals surface area contributed by atoms with Crippen molar-refractivity contribution in [3.8, 4) is 0 Å². The minimum Gasteiger partial charge on any atom is -0.412 e. The van der Waals surface area contributed by atoms with Gasteiger partial charge >= 0.3 is 0 Å². The fourth-order valence-corrected chi connectivity index (χ4v) is 0.241. The molecule has 4 nitrogen and oxygen atoms in total. The fraction of sp³-hybridized carbons (Fsp3) is 1.00. The predicted octanol–water partition coefficient (Wildman–Crippen LogP) is 0.383. The Kier molecular flexibility index (Phi) is 13.4. The van der Waals surface area contributed by atoms with Crippen LogP contribution in [0.25, 0.3) is 0 Å². The second-order valence-electron chi connectivity index (χ2n) is 1.25.